The van der Waals surface area contributed by atoms with E-state index in [0.717, 1.165) is 0 Å². The van der Waals surface area contributed by atoms with Gasteiger partial charge in [0.2, 0.25) is 0 Å². The molecule has 4 atom stereocenters. The summed E-state index contributed by atoms with van der Waals surface area (Å²) >= 11 is 0. The molecule has 0 spiro atoms. The zero-order valence-corrected chi connectivity index (χ0v) is 5.14. The van der Waals surface area contributed by atoms with Crippen LogP contribution >= 0.6 is 0 Å². The van der Waals surface area contributed by atoms with Gasteiger partial charge in [0.25, 0.3) is 0 Å². The molecule has 4 bridgehead atoms. The van der Waals surface area contributed by atoms with Crippen LogP contribution in [0, 0.1) is 23.7 Å². The van der Waals surface area contributed by atoms with Gasteiger partial charge in [0.15, 0.2) is 0 Å². The molecule has 0 aromatic carbocycles. The molecule has 0 aliphatic heterocycles. The van der Waals surface area contributed by atoms with Gasteiger partial charge in [-0.3, -0.25) is 0 Å². The largest absolute Gasteiger partial charge is 0.0499 e. The molecule has 5 aliphatic rings. The van der Waals surface area contributed by atoms with Gasteiger partial charge >= 0.3 is 0 Å². The van der Waals surface area contributed by atoms with Crippen molar-refractivity contribution in [3.05, 3.63) is 0 Å². The van der Waals surface area contributed by atoms with Gasteiger partial charge in [-0.25, -0.2) is 0 Å². The molecule has 0 radical (unpaired) electrons. The highest BCUT2D eigenvalue weighted by Gasteiger charge is 2.56. The predicted octanol–water partition coefficient (Wildman–Crippen LogP) is 2.05. The van der Waals surface area contributed by atoms with Crippen molar-refractivity contribution in [1.29, 1.82) is 0 Å². The van der Waals surface area contributed by atoms with E-state index < -0.39 is 0 Å². The van der Waals surface area contributed by atoms with E-state index in [0.29, 0.717) is 0 Å². The summed E-state index contributed by atoms with van der Waals surface area (Å²) in [6, 6.07) is 0. The Hall–Kier alpha value is 0. The first-order valence-electron chi connectivity index (χ1n) is 3.95. The molecule has 5 rings (SSSR count). The van der Waals surface area contributed by atoms with Gasteiger partial charge in [0.05, 0.1) is 0 Å². The van der Waals surface area contributed by atoms with Crippen molar-refractivity contribution in [2.75, 3.05) is 0 Å². The Morgan fingerprint density at radius 1 is 0.750 bits per heavy atom. The minimum Gasteiger partial charge on any atom is -0.0499 e. The molecule has 0 saturated heterocycles. The van der Waals surface area contributed by atoms with Gasteiger partial charge in [0.1, 0.15) is 0 Å². The second-order valence-electron chi connectivity index (χ2n) is 3.90. The second kappa shape index (κ2) is 0.984. The Bertz CT molecular complexity index is 96.0. The van der Waals surface area contributed by atoms with Crippen molar-refractivity contribution in [3.63, 3.8) is 0 Å². The third kappa shape index (κ3) is 0.240. The van der Waals surface area contributed by atoms with Crippen LogP contribution in [0.5, 0.6) is 0 Å². The molecule has 5 fully saturated rings. The number of rotatable bonds is 0. The van der Waals surface area contributed by atoms with E-state index >= 15 is 0 Å². The van der Waals surface area contributed by atoms with E-state index in [1.807, 2.05) is 0 Å². The predicted molar refractivity (Wildman–Crippen MR) is 32.4 cm³/mol. The smallest absolute Gasteiger partial charge is 0.0352 e. The molecule has 0 nitrogen and oxygen atoms in total. The van der Waals surface area contributed by atoms with Crippen LogP contribution in [0.25, 0.3) is 0 Å². The van der Waals surface area contributed by atoms with Crippen LogP contribution in [-0.2, 0) is 0 Å². The highest BCUT2D eigenvalue weighted by Crippen LogP contribution is 2.65. The lowest BCUT2D eigenvalue weighted by Gasteiger charge is -2.63. The van der Waals surface area contributed by atoms with E-state index in [4.69, 9.17) is 0 Å². The lowest BCUT2D eigenvalue weighted by molar-refractivity contribution is -0.140. The molecular formula is C8H12. The summed E-state index contributed by atoms with van der Waals surface area (Å²) in [5.41, 5.74) is 0. The molecule has 0 aromatic rings. The molecule has 0 aromatic heterocycles. The summed E-state index contributed by atoms with van der Waals surface area (Å²) in [5.74, 6) is 4.91. The minimum atomic E-state index is 1.21. The third-order valence-electron chi connectivity index (χ3n) is 3.82. The van der Waals surface area contributed by atoms with E-state index in [9.17, 15) is 0 Å². The first-order chi connectivity index (χ1) is 3.95. The molecule has 44 valence electrons. The van der Waals surface area contributed by atoms with Crippen LogP contribution in [0.15, 0.2) is 0 Å². The number of hydrogen-bond donors (Lipinski definition) is 0. The molecule has 0 heterocycles. The zero-order valence-electron chi connectivity index (χ0n) is 5.14. The van der Waals surface area contributed by atoms with Crippen molar-refractivity contribution in [2.45, 2.75) is 25.7 Å². The zero-order chi connectivity index (χ0) is 5.14. The molecule has 4 unspecified atom stereocenters. The molecule has 5 saturated carbocycles. The first kappa shape index (κ1) is 3.92. The SMILES string of the molecule is C1CC2CC3C1CC23. The summed E-state index contributed by atoms with van der Waals surface area (Å²) in [6.07, 6.45) is 6.42. The van der Waals surface area contributed by atoms with Crippen LogP contribution in [0.2, 0.25) is 0 Å². The summed E-state index contributed by atoms with van der Waals surface area (Å²) < 4.78 is 0. The Labute approximate surface area is 50.3 Å². The van der Waals surface area contributed by atoms with Crippen LogP contribution in [0.3, 0.4) is 0 Å². The molecule has 0 amide bonds. The average Bonchev–Trinajstić information content (AvgIpc) is 1.84. The summed E-state index contributed by atoms with van der Waals surface area (Å²) in [5, 5.41) is 0. The van der Waals surface area contributed by atoms with Gasteiger partial charge in [-0.2, -0.15) is 0 Å². The average molecular weight is 108 g/mol. The van der Waals surface area contributed by atoms with Gasteiger partial charge in [-0.15, -0.1) is 0 Å². The maximum Gasteiger partial charge on any atom is -0.0352 e. The summed E-state index contributed by atoms with van der Waals surface area (Å²) in [4.78, 5) is 0. The minimum absolute atomic E-state index is 1.21. The number of hydrogen-bond acceptors (Lipinski definition) is 0. The Kier molecular flexibility index (Phi) is 0.482. The normalized spacial score (nSPS) is 66.0. The fourth-order valence-electron chi connectivity index (χ4n) is 3.18. The topological polar surface area (TPSA) is 0 Å². The highest BCUT2D eigenvalue weighted by atomic mass is 14.6. The standard InChI is InChI=1S/C8H12/c1-2-6-4-7-5(1)3-8(6)7/h5-8H,1-4H2. The van der Waals surface area contributed by atoms with Gasteiger partial charge in [-0.1, -0.05) is 0 Å². The Morgan fingerprint density at radius 2 is 1.25 bits per heavy atom. The molecule has 8 heavy (non-hydrogen) atoms. The fourth-order valence-corrected chi connectivity index (χ4v) is 3.18. The summed E-state index contributed by atoms with van der Waals surface area (Å²) in [7, 11) is 0. The maximum absolute atomic E-state index is 1.62. The van der Waals surface area contributed by atoms with Gasteiger partial charge in [-0.05, 0) is 49.4 Å². The molecule has 0 N–H and O–H groups in total. The maximum atomic E-state index is 1.62. The van der Waals surface area contributed by atoms with Crippen molar-refractivity contribution in [2.24, 2.45) is 23.7 Å². The van der Waals surface area contributed by atoms with E-state index in [1.165, 1.54) is 23.7 Å². The highest BCUT2D eigenvalue weighted by molar-refractivity contribution is 5.06. The van der Waals surface area contributed by atoms with E-state index in [2.05, 4.69) is 0 Å². The van der Waals surface area contributed by atoms with Crippen molar-refractivity contribution < 1.29 is 0 Å². The first-order valence-corrected chi connectivity index (χ1v) is 3.95. The fraction of sp³-hybridized carbons (Fsp3) is 1.00. The molecule has 5 aliphatic carbocycles. The van der Waals surface area contributed by atoms with E-state index in [-0.39, 0.29) is 0 Å². The van der Waals surface area contributed by atoms with E-state index in [1.54, 1.807) is 25.7 Å². The van der Waals surface area contributed by atoms with Crippen LogP contribution in [0.4, 0.5) is 0 Å². The molecular weight excluding hydrogens is 96.1 g/mol. The van der Waals surface area contributed by atoms with Gasteiger partial charge < -0.3 is 0 Å². The Balaban J connectivity index is 1.96. The van der Waals surface area contributed by atoms with Crippen molar-refractivity contribution in [3.8, 4) is 0 Å². The van der Waals surface area contributed by atoms with Crippen molar-refractivity contribution >= 4 is 0 Å². The lowest BCUT2D eigenvalue weighted by Crippen LogP contribution is -2.55. The summed E-state index contributed by atoms with van der Waals surface area (Å²) in [6.45, 7) is 0. The molecule has 0 heteroatoms. The van der Waals surface area contributed by atoms with Gasteiger partial charge in [0, 0.05) is 0 Å². The van der Waals surface area contributed by atoms with Crippen molar-refractivity contribution in [1.82, 2.24) is 0 Å². The van der Waals surface area contributed by atoms with Crippen LogP contribution in [0.1, 0.15) is 25.7 Å². The third-order valence-corrected chi connectivity index (χ3v) is 3.82. The van der Waals surface area contributed by atoms with Crippen LogP contribution < -0.4 is 0 Å². The monoisotopic (exact) mass is 108 g/mol. The lowest BCUT2D eigenvalue weighted by atomic mass is 9.42. The van der Waals surface area contributed by atoms with Crippen LogP contribution in [-0.4, -0.2) is 0 Å². The Morgan fingerprint density at radius 3 is 1.38 bits per heavy atom. The second-order valence-corrected chi connectivity index (χ2v) is 3.90. The quantitative estimate of drug-likeness (QED) is 0.445.